The van der Waals surface area contributed by atoms with Crippen LogP contribution in [0, 0.1) is 0 Å². The molecule has 0 saturated carbocycles. The minimum Gasteiger partial charge on any atom is -0.492 e. The summed E-state index contributed by atoms with van der Waals surface area (Å²) in [6, 6.07) is 10.1. The molecule has 1 aromatic rings. The van der Waals surface area contributed by atoms with Crippen molar-refractivity contribution in [3.8, 4) is 5.75 Å². The second-order valence-electron chi connectivity index (χ2n) is 6.12. The van der Waals surface area contributed by atoms with Gasteiger partial charge in [-0.05, 0) is 19.1 Å². The Labute approximate surface area is 144 Å². The number of nitrogens with one attached hydrogen (secondary N) is 1. The van der Waals surface area contributed by atoms with Crippen molar-refractivity contribution in [1.82, 2.24) is 15.1 Å². The van der Waals surface area contributed by atoms with Crippen LogP contribution in [0.3, 0.4) is 0 Å². The number of para-hydroxylation sites is 1. The average molecular weight is 335 g/mol. The van der Waals surface area contributed by atoms with Gasteiger partial charge in [-0.15, -0.1) is 0 Å². The number of hydrogen-bond donors (Lipinski definition) is 1. The van der Waals surface area contributed by atoms with Crippen LogP contribution in [-0.2, 0) is 9.53 Å². The molecule has 0 radical (unpaired) electrons. The first kappa shape index (κ1) is 18.7. The van der Waals surface area contributed by atoms with Gasteiger partial charge < -0.3 is 14.8 Å². The fourth-order valence-corrected chi connectivity index (χ4v) is 2.89. The van der Waals surface area contributed by atoms with Crippen LogP contribution in [0.2, 0.25) is 0 Å². The van der Waals surface area contributed by atoms with Crippen molar-refractivity contribution in [2.24, 2.45) is 0 Å². The third-order valence-electron chi connectivity index (χ3n) is 4.24. The average Bonchev–Trinajstić information content (AvgIpc) is 2.59. The molecule has 1 aliphatic rings. The summed E-state index contributed by atoms with van der Waals surface area (Å²) in [6.07, 6.45) is 0. The molecule has 2 rings (SSSR count). The highest BCUT2D eigenvalue weighted by Gasteiger charge is 2.24. The molecule has 1 heterocycles. The number of rotatable bonds is 9. The smallest absolute Gasteiger partial charge is 0.234 e. The second-order valence-corrected chi connectivity index (χ2v) is 6.12. The number of nitrogens with zero attached hydrogens (tertiary/aromatic N) is 2. The zero-order chi connectivity index (χ0) is 17.2. The Kier molecular flexibility index (Phi) is 8.01. The van der Waals surface area contributed by atoms with Gasteiger partial charge in [-0.25, -0.2) is 0 Å². The highest BCUT2D eigenvalue weighted by molar-refractivity contribution is 5.78. The van der Waals surface area contributed by atoms with E-state index in [0.717, 1.165) is 38.5 Å². The van der Waals surface area contributed by atoms with Gasteiger partial charge in [-0.1, -0.05) is 18.2 Å². The number of carbonyl (C=O) groups is 1. The van der Waals surface area contributed by atoms with Gasteiger partial charge in [0.25, 0.3) is 0 Å². The number of carbonyl (C=O) groups excluding carboxylic acids is 1. The lowest BCUT2D eigenvalue weighted by Gasteiger charge is -2.39. The molecule has 134 valence electrons. The molecular formula is C18H29N3O3. The van der Waals surface area contributed by atoms with Crippen LogP contribution in [0.15, 0.2) is 30.3 Å². The van der Waals surface area contributed by atoms with E-state index in [9.17, 15) is 4.79 Å². The highest BCUT2D eigenvalue weighted by atomic mass is 16.5. The summed E-state index contributed by atoms with van der Waals surface area (Å²) in [4.78, 5) is 16.7. The molecule has 0 aromatic heterocycles. The molecule has 1 atom stereocenters. The molecule has 24 heavy (non-hydrogen) atoms. The molecule has 1 aliphatic heterocycles. The van der Waals surface area contributed by atoms with Crippen molar-refractivity contribution < 1.29 is 14.3 Å². The Hall–Kier alpha value is -1.63. The largest absolute Gasteiger partial charge is 0.492 e. The van der Waals surface area contributed by atoms with Crippen molar-refractivity contribution in [2.75, 3.05) is 59.6 Å². The van der Waals surface area contributed by atoms with Crippen LogP contribution >= 0.6 is 0 Å². The molecule has 1 saturated heterocycles. The summed E-state index contributed by atoms with van der Waals surface area (Å²) in [7, 11) is 1.73. The Balaban J connectivity index is 1.59. The first-order chi connectivity index (χ1) is 11.7. The molecule has 1 N–H and O–H groups in total. The molecule has 0 aliphatic carbocycles. The predicted octanol–water partition coefficient (Wildman–Crippen LogP) is 0.834. The van der Waals surface area contributed by atoms with Crippen LogP contribution < -0.4 is 10.1 Å². The van der Waals surface area contributed by atoms with Crippen molar-refractivity contribution in [3.63, 3.8) is 0 Å². The topological polar surface area (TPSA) is 54.0 Å². The van der Waals surface area contributed by atoms with E-state index in [1.165, 1.54) is 0 Å². The predicted molar refractivity (Wildman–Crippen MR) is 94.3 cm³/mol. The highest BCUT2D eigenvalue weighted by Crippen LogP contribution is 2.09. The quantitative estimate of drug-likeness (QED) is 0.678. The Morgan fingerprint density at radius 3 is 2.75 bits per heavy atom. The maximum Gasteiger partial charge on any atom is 0.234 e. The molecule has 6 nitrogen and oxygen atoms in total. The number of benzene rings is 1. The van der Waals surface area contributed by atoms with Crippen LogP contribution in [0.1, 0.15) is 6.92 Å². The van der Waals surface area contributed by atoms with Gasteiger partial charge >= 0.3 is 0 Å². The fourth-order valence-electron chi connectivity index (χ4n) is 2.89. The third kappa shape index (κ3) is 6.47. The standard InChI is InChI=1S/C18H29N3O3/c1-16-14-20(9-10-21(16)11-13-23-2)15-18(22)19-8-12-24-17-6-4-3-5-7-17/h3-7,16H,8-15H2,1-2H3,(H,19,22)/t16-/m1/s1. The van der Waals surface area contributed by atoms with Gasteiger partial charge in [0.05, 0.1) is 19.7 Å². The summed E-state index contributed by atoms with van der Waals surface area (Å²) < 4.78 is 10.7. The maximum atomic E-state index is 12.0. The number of amides is 1. The minimum atomic E-state index is 0.0594. The van der Waals surface area contributed by atoms with Gasteiger partial charge in [0.15, 0.2) is 0 Å². The van der Waals surface area contributed by atoms with Gasteiger partial charge in [0, 0.05) is 39.3 Å². The van der Waals surface area contributed by atoms with Crippen molar-refractivity contribution >= 4 is 5.91 Å². The molecule has 0 spiro atoms. The number of piperazine rings is 1. The summed E-state index contributed by atoms with van der Waals surface area (Å²) in [5, 5.41) is 2.92. The lowest BCUT2D eigenvalue weighted by molar-refractivity contribution is -0.123. The zero-order valence-corrected chi connectivity index (χ0v) is 14.7. The first-order valence-electron chi connectivity index (χ1n) is 8.59. The van der Waals surface area contributed by atoms with Gasteiger partial charge in [-0.3, -0.25) is 14.6 Å². The number of hydrogen-bond acceptors (Lipinski definition) is 5. The molecule has 6 heteroatoms. The zero-order valence-electron chi connectivity index (χ0n) is 14.7. The lowest BCUT2D eigenvalue weighted by Crippen LogP contribution is -2.54. The van der Waals surface area contributed by atoms with E-state index in [1.807, 2.05) is 30.3 Å². The normalized spacial score (nSPS) is 19.2. The van der Waals surface area contributed by atoms with Crippen molar-refractivity contribution in [1.29, 1.82) is 0 Å². The molecule has 1 fully saturated rings. The molecule has 1 amide bonds. The second kappa shape index (κ2) is 10.3. The number of ether oxygens (including phenoxy) is 2. The van der Waals surface area contributed by atoms with Crippen LogP contribution in [0.4, 0.5) is 0 Å². The van der Waals surface area contributed by atoms with Gasteiger partial charge in [0.1, 0.15) is 12.4 Å². The molecule has 0 unspecified atom stereocenters. The monoisotopic (exact) mass is 335 g/mol. The fraction of sp³-hybridized carbons (Fsp3) is 0.611. The van der Waals surface area contributed by atoms with Crippen LogP contribution in [0.5, 0.6) is 5.75 Å². The van der Waals surface area contributed by atoms with Gasteiger partial charge in [-0.2, -0.15) is 0 Å². The molecule has 1 aromatic carbocycles. The molecular weight excluding hydrogens is 306 g/mol. The van der Waals surface area contributed by atoms with Crippen molar-refractivity contribution in [2.45, 2.75) is 13.0 Å². The lowest BCUT2D eigenvalue weighted by atomic mass is 10.2. The third-order valence-corrected chi connectivity index (χ3v) is 4.24. The van der Waals surface area contributed by atoms with E-state index in [2.05, 4.69) is 22.0 Å². The van der Waals surface area contributed by atoms with Crippen LogP contribution in [0.25, 0.3) is 0 Å². The van der Waals surface area contributed by atoms with E-state index < -0.39 is 0 Å². The summed E-state index contributed by atoms with van der Waals surface area (Å²) in [5.74, 6) is 0.886. The van der Waals surface area contributed by atoms with E-state index >= 15 is 0 Å². The minimum absolute atomic E-state index is 0.0594. The first-order valence-corrected chi connectivity index (χ1v) is 8.59. The van der Waals surface area contributed by atoms with E-state index in [4.69, 9.17) is 9.47 Å². The van der Waals surface area contributed by atoms with E-state index in [-0.39, 0.29) is 5.91 Å². The summed E-state index contributed by atoms with van der Waals surface area (Å²) in [6.45, 7) is 8.19. The van der Waals surface area contributed by atoms with Crippen LogP contribution in [-0.4, -0.2) is 81.3 Å². The Morgan fingerprint density at radius 2 is 2.04 bits per heavy atom. The van der Waals surface area contributed by atoms with E-state index in [0.29, 0.717) is 25.7 Å². The molecule has 0 bridgehead atoms. The number of methoxy groups -OCH3 is 1. The SMILES string of the molecule is COCCN1CCN(CC(=O)NCCOc2ccccc2)C[C@H]1C. The van der Waals surface area contributed by atoms with Crippen molar-refractivity contribution in [3.05, 3.63) is 30.3 Å². The Morgan fingerprint density at radius 1 is 1.25 bits per heavy atom. The van der Waals surface area contributed by atoms with E-state index in [1.54, 1.807) is 7.11 Å². The summed E-state index contributed by atoms with van der Waals surface area (Å²) in [5.41, 5.74) is 0. The summed E-state index contributed by atoms with van der Waals surface area (Å²) >= 11 is 0. The van der Waals surface area contributed by atoms with Gasteiger partial charge in [0.2, 0.25) is 5.91 Å². The Bertz CT molecular complexity index is 484. The maximum absolute atomic E-state index is 12.0.